The summed E-state index contributed by atoms with van der Waals surface area (Å²) in [4.78, 5) is 14.7. The smallest absolute Gasteiger partial charge is 0.163 e. The predicted octanol–water partition coefficient (Wildman–Crippen LogP) is 7.96. The Morgan fingerprint density at radius 3 is 1.47 bits per heavy atom. The molecule has 3 heteroatoms. The maximum atomic E-state index is 4.93. The lowest BCUT2D eigenvalue weighted by atomic mass is 9.93. The van der Waals surface area contributed by atoms with Crippen molar-refractivity contribution in [2.24, 2.45) is 0 Å². The van der Waals surface area contributed by atoms with E-state index in [9.17, 15) is 0 Å². The Morgan fingerprint density at radius 1 is 0.441 bits per heavy atom. The van der Waals surface area contributed by atoms with Crippen molar-refractivity contribution in [1.29, 1.82) is 0 Å². The zero-order valence-corrected chi connectivity index (χ0v) is 19.6. The molecule has 0 N–H and O–H groups in total. The largest absolute Gasteiger partial charge is 0.212 e. The van der Waals surface area contributed by atoms with E-state index in [0.717, 1.165) is 17.0 Å². The maximum Gasteiger partial charge on any atom is 0.163 e. The molecule has 0 spiro atoms. The van der Waals surface area contributed by atoms with Crippen LogP contribution in [0.1, 0.15) is 26.6 Å². The molecule has 34 heavy (non-hydrogen) atoms. The summed E-state index contributed by atoms with van der Waals surface area (Å²) in [7, 11) is 0. The first-order valence-corrected chi connectivity index (χ1v) is 11.6. The number of hydrogen-bond acceptors (Lipinski definition) is 3. The summed E-state index contributed by atoms with van der Waals surface area (Å²) < 4.78 is 0. The fraction of sp³-hybridized carbons (Fsp3) is 0.129. The third kappa shape index (κ3) is 3.41. The molecule has 1 aromatic heterocycles. The zero-order valence-electron chi connectivity index (χ0n) is 19.6. The number of aromatic nitrogens is 3. The van der Waals surface area contributed by atoms with E-state index in [2.05, 4.69) is 87.5 Å². The van der Waals surface area contributed by atoms with E-state index in [0.29, 0.717) is 11.6 Å². The average Bonchev–Trinajstić information content (AvgIpc) is 2.88. The fourth-order valence-corrected chi connectivity index (χ4v) is 4.60. The number of benzene rings is 5. The maximum absolute atomic E-state index is 4.93. The zero-order chi connectivity index (χ0) is 23.3. The van der Waals surface area contributed by atoms with Gasteiger partial charge in [0, 0.05) is 16.5 Å². The van der Waals surface area contributed by atoms with Crippen molar-refractivity contribution in [3.8, 4) is 22.8 Å². The molecule has 0 amide bonds. The van der Waals surface area contributed by atoms with Gasteiger partial charge in [0.1, 0.15) is 5.82 Å². The summed E-state index contributed by atoms with van der Waals surface area (Å²) in [5.41, 5.74) is 1.80. The highest BCUT2D eigenvalue weighted by atomic mass is 15.0. The van der Waals surface area contributed by atoms with E-state index in [4.69, 9.17) is 15.0 Å². The summed E-state index contributed by atoms with van der Waals surface area (Å²) in [5.74, 6) is 2.21. The van der Waals surface area contributed by atoms with E-state index in [1.54, 1.807) is 0 Å². The summed E-state index contributed by atoms with van der Waals surface area (Å²) in [5, 5.41) is 7.50. The second-order valence-electron chi connectivity index (χ2n) is 9.77. The van der Waals surface area contributed by atoms with Crippen molar-refractivity contribution in [2.75, 3.05) is 0 Å². The molecule has 6 rings (SSSR count). The van der Waals surface area contributed by atoms with Crippen LogP contribution in [0.2, 0.25) is 0 Å². The molecular weight excluding hydrogens is 414 g/mol. The van der Waals surface area contributed by atoms with Crippen molar-refractivity contribution in [2.45, 2.75) is 26.2 Å². The highest BCUT2D eigenvalue weighted by molar-refractivity contribution is 6.25. The lowest BCUT2D eigenvalue weighted by Crippen LogP contribution is -2.18. The van der Waals surface area contributed by atoms with Gasteiger partial charge in [-0.2, -0.15) is 0 Å². The number of nitrogens with zero attached hydrogens (tertiary/aromatic N) is 3. The van der Waals surface area contributed by atoms with Gasteiger partial charge in [0.05, 0.1) is 0 Å². The number of rotatable bonds is 2. The molecule has 0 bridgehead atoms. The van der Waals surface area contributed by atoms with Gasteiger partial charge in [-0.15, -0.1) is 0 Å². The van der Waals surface area contributed by atoms with Crippen LogP contribution in [0.15, 0.2) is 97.1 Å². The quantitative estimate of drug-likeness (QED) is 0.257. The highest BCUT2D eigenvalue weighted by Crippen LogP contribution is 2.37. The van der Waals surface area contributed by atoms with Crippen LogP contribution < -0.4 is 0 Å². The van der Waals surface area contributed by atoms with Crippen LogP contribution in [0.25, 0.3) is 55.1 Å². The first kappa shape index (κ1) is 20.5. The molecule has 5 aromatic carbocycles. The molecule has 1 heterocycles. The fourth-order valence-electron chi connectivity index (χ4n) is 4.60. The second kappa shape index (κ2) is 7.74. The number of hydrogen-bond donors (Lipinski definition) is 0. The van der Waals surface area contributed by atoms with E-state index in [-0.39, 0.29) is 5.41 Å². The molecule has 0 radical (unpaired) electrons. The predicted molar refractivity (Wildman–Crippen MR) is 142 cm³/mol. The molecule has 0 saturated carbocycles. The van der Waals surface area contributed by atoms with Gasteiger partial charge in [0.25, 0.3) is 0 Å². The Labute approximate surface area is 199 Å². The Hall–Kier alpha value is -4.11. The minimum Gasteiger partial charge on any atom is -0.212 e. The van der Waals surface area contributed by atoms with Gasteiger partial charge in [-0.3, -0.25) is 0 Å². The summed E-state index contributed by atoms with van der Waals surface area (Å²) in [6.45, 7) is 6.42. The molecule has 0 aliphatic heterocycles. The van der Waals surface area contributed by atoms with Crippen molar-refractivity contribution in [3.63, 3.8) is 0 Å². The molecule has 6 aromatic rings. The van der Waals surface area contributed by atoms with Crippen LogP contribution in [0.5, 0.6) is 0 Å². The van der Waals surface area contributed by atoms with Crippen molar-refractivity contribution >= 4 is 32.3 Å². The molecule has 0 aliphatic carbocycles. The first-order valence-electron chi connectivity index (χ1n) is 11.6. The molecule has 3 nitrogen and oxygen atoms in total. The van der Waals surface area contributed by atoms with Crippen molar-refractivity contribution in [1.82, 2.24) is 15.0 Å². The van der Waals surface area contributed by atoms with Gasteiger partial charge in [0.2, 0.25) is 0 Å². The van der Waals surface area contributed by atoms with Crippen LogP contribution in [0.4, 0.5) is 0 Å². The minimum absolute atomic E-state index is 0.193. The Morgan fingerprint density at radius 2 is 0.912 bits per heavy atom. The Bertz CT molecular complexity index is 1640. The summed E-state index contributed by atoms with van der Waals surface area (Å²) in [6.07, 6.45) is 0. The minimum atomic E-state index is -0.193. The topological polar surface area (TPSA) is 38.7 Å². The molecule has 164 valence electrons. The van der Waals surface area contributed by atoms with Gasteiger partial charge in [-0.1, -0.05) is 112 Å². The van der Waals surface area contributed by atoms with Crippen LogP contribution in [0, 0.1) is 0 Å². The highest BCUT2D eigenvalue weighted by Gasteiger charge is 2.21. The van der Waals surface area contributed by atoms with Crippen molar-refractivity contribution < 1.29 is 0 Å². The third-order valence-electron chi connectivity index (χ3n) is 6.34. The molecule has 0 fully saturated rings. The lowest BCUT2D eigenvalue weighted by molar-refractivity contribution is 0.543. The Kier molecular flexibility index (Phi) is 4.66. The normalized spacial score (nSPS) is 12.0. The SMILES string of the molecule is CC(C)(C)c1nc(-c2ccccc2)nc(-c2ccc3c4ccccc4c4ccccc4c3c2)n1. The van der Waals surface area contributed by atoms with Crippen LogP contribution in [0.3, 0.4) is 0 Å². The van der Waals surface area contributed by atoms with Crippen LogP contribution in [-0.2, 0) is 5.41 Å². The lowest BCUT2D eigenvalue weighted by Gasteiger charge is -2.18. The van der Waals surface area contributed by atoms with Gasteiger partial charge >= 0.3 is 0 Å². The summed E-state index contributed by atoms with van der Waals surface area (Å²) in [6, 6.07) is 34.0. The molecule has 0 aliphatic rings. The summed E-state index contributed by atoms with van der Waals surface area (Å²) >= 11 is 0. The Balaban J connectivity index is 1.64. The van der Waals surface area contributed by atoms with Crippen LogP contribution >= 0.6 is 0 Å². The number of fused-ring (bicyclic) bond motifs is 6. The second-order valence-corrected chi connectivity index (χ2v) is 9.77. The third-order valence-corrected chi connectivity index (χ3v) is 6.34. The van der Waals surface area contributed by atoms with Crippen LogP contribution in [-0.4, -0.2) is 15.0 Å². The average molecular weight is 440 g/mol. The van der Waals surface area contributed by atoms with E-state index >= 15 is 0 Å². The van der Waals surface area contributed by atoms with Gasteiger partial charge in [-0.25, -0.2) is 15.0 Å². The van der Waals surface area contributed by atoms with E-state index in [1.807, 2.05) is 30.3 Å². The first-order chi connectivity index (χ1) is 16.5. The molecule has 0 saturated heterocycles. The molecule has 0 unspecified atom stereocenters. The van der Waals surface area contributed by atoms with E-state index < -0.39 is 0 Å². The van der Waals surface area contributed by atoms with Crippen molar-refractivity contribution in [3.05, 3.63) is 103 Å². The van der Waals surface area contributed by atoms with Gasteiger partial charge in [-0.05, 0) is 38.4 Å². The van der Waals surface area contributed by atoms with E-state index in [1.165, 1.54) is 32.3 Å². The monoisotopic (exact) mass is 439 g/mol. The van der Waals surface area contributed by atoms with Gasteiger partial charge < -0.3 is 0 Å². The molecule has 0 atom stereocenters. The standard InChI is InChI=1S/C31H25N3/c1-31(2,3)30-33-28(20-11-5-4-6-12-20)32-29(34-30)21-17-18-26-24-15-8-7-13-22(24)23-14-9-10-16-25(23)27(26)19-21/h4-19H,1-3H3. The van der Waals surface area contributed by atoms with Gasteiger partial charge in [0.15, 0.2) is 11.6 Å². The molecular formula is C31H25N3.